The topological polar surface area (TPSA) is 23.8 Å². The highest BCUT2D eigenvalue weighted by atomic mass is 19.2. The molecule has 0 aliphatic heterocycles. The largest absolute Gasteiger partial charge is 0.206 e. The van der Waals surface area contributed by atoms with Crippen molar-refractivity contribution < 1.29 is 13.2 Å². The molecule has 0 heterocycles. The highest BCUT2D eigenvalue weighted by molar-refractivity contribution is 5.83. The fourth-order valence-electron chi connectivity index (χ4n) is 3.49. The fourth-order valence-corrected chi connectivity index (χ4v) is 3.49. The second-order valence-corrected chi connectivity index (χ2v) is 7.01. The van der Waals surface area contributed by atoms with Gasteiger partial charge in [-0.15, -0.1) is 0 Å². The monoisotopic (exact) mass is 355 g/mol. The van der Waals surface area contributed by atoms with Gasteiger partial charge in [0, 0.05) is 11.1 Å². The average Bonchev–Trinajstić information content (AvgIpc) is 2.67. The first-order valence-corrected chi connectivity index (χ1v) is 8.85. The van der Waals surface area contributed by atoms with Crippen LogP contribution in [0, 0.1) is 23.1 Å². The zero-order chi connectivity index (χ0) is 18.7. The van der Waals surface area contributed by atoms with Gasteiger partial charge in [-0.05, 0) is 42.4 Å². The summed E-state index contributed by atoms with van der Waals surface area (Å²) in [6.07, 6.45) is 4.63. The lowest BCUT2D eigenvalue weighted by Crippen LogP contribution is -2.10. The van der Waals surface area contributed by atoms with Crippen LogP contribution in [-0.4, -0.2) is 0 Å². The van der Waals surface area contributed by atoms with E-state index in [2.05, 4.69) is 6.92 Å². The van der Waals surface area contributed by atoms with Crippen LogP contribution in [0.25, 0.3) is 11.7 Å². The van der Waals surface area contributed by atoms with E-state index < -0.39 is 17.5 Å². The molecule has 1 nitrogen and oxygen atoms in total. The predicted molar refractivity (Wildman–Crippen MR) is 97.0 cm³/mol. The quantitative estimate of drug-likeness (QED) is 0.558. The lowest BCUT2D eigenvalue weighted by atomic mass is 9.79. The Balaban J connectivity index is 1.82. The van der Waals surface area contributed by atoms with Crippen LogP contribution in [0.15, 0.2) is 42.5 Å². The van der Waals surface area contributed by atoms with Crippen LogP contribution < -0.4 is 0 Å². The normalized spacial score (nSPS) is 21.0. The summed E-state index contributed by atoms with van der Waals surface area (Å²) in [7, 11) is 0. The molecule has 0 spiro atoms. The first kappa shape index (κ1) is 18.3. The number of hydrogen-bond donors (Lipinski definition) is 0. The summed E-state index contributed by atoms with van der Waals surface area (Å²) in [5.41, 5.74) is 0.857. The molecule has 1 aliphatic carbocycles. The van der Waals surface area contributed by atoms with Gasteiger partial charge in [-0.1, -0.05) is 50.1 Å². The van der Waals surface area contributed by atoms with E-state index in [0.29, 0.717) is 5.92 Å². The summed E-state index contributed by atoms with van der Waals surface area (Å²) in [4.78, 5) is 0. The van der Waals surface area contributed by atoms with Gasteiger partial charge in [0.25, 0.3) is 0 Å². The molecule has 134 valence electrons. The predicted octanol–water partition coefficient (Wildman–Crippen LogP) is 6.76. The van der Waals surface area contributed by atoms with Crippen molar-refractivity contribution in [3.8, 4) is 6.07 Å². The van der Waals surface area contributed by atoms with E-state index in [4.69, 9.17) is 5.26 Å². The zero-order valence-corrected chi connectivity index (χ0v) is 14.6. The number of nitriles is 1. The molecule has 0 amide bonds. The van der Waals surface area contributed by atoms with Gasteiger partial charge in [0.1, 0.15) is 11.9 Å². The molecule has 0 radical (unpaired) electrons. The third kappa shape index (κ3) is 3.83. The third-order valence-electron chi connectivity index (χ3n) is 5.19. The van der Waals surface area contributed by atoms with E-state index in [9.17, 15) is 13.2 Å². The highest BCUT2D eigenvalue weighted by Crippen LogP contribution is 2.36. The van der Waals surface area contributed by atoms with Crippen LogP contribution in [0.2, 0.25) is 0 Å². The molecule has 1 aliphatic rings. The summed E-state index contributed by atoms with van der Waals surface area (Å²) in [6, 6.07) is 11.7. The maximum atomic E-state index is 14.5. The number of rotatable bonds is 3. The van der Waals surface area contributed by atoms with Gasteiger partial charge in [0.05, 0.1) is 5.56 Å². The van der Waals surface area contributed by atoms with Crippen molar-refractivity contribution in [3.63, 3.8) is 0 Å². The molecule has 0 bridgehead atoms. The molecule has 26 heavy (non-hydrogen) atoms. The Kier molecular flexibility index (Phi) is 5.46. The van der Waals surface area contributed by atoms with Gasteiger partial charge in [0.2, 0.25) is 0 Å². The summed E-state index contributed by atoms with van der Waals surface area (Å²) < 4.78 is 42.5. The van der Waals surface area contributed by atoms with Crippen molar-refractivity contribution in [1.82, 2.24) is 0 Å². The number of hydrogen-bond acceptors (Lipinski definition) is 1. The van der Waals surface area contributed by atoms with Crippen LogP contribution in [0.5, 0.6) is 0 Å². The van der Waals surface area contributed by atoms with Crippen molar-refractivity contribution in [2.75, 3.05) is 0 Å². The van der Waals surface area contributed by atoms with Crippen molar-refractivity contribution in [2.24, 2.45) is 5.92 Å². The van der Waals surface area contributed by atoms with Crippen LogP contribution in [0.3, 0.4) is 0 Å². The molecule has 1 fully saturated rings. The number of benzene rings is 2. The standard InChI is InChI=1S/C22H20F3N/c1-14-2-4-15(5-3-14)16-6-8-17(9-7-16)21(24)22(25)18-10-11-19(13-26)20(23)12-18/h6-12,14-15H,2-5H2,1H3. The van der Waals surface area contributed by atoms with Gasteiger partial charge < -0.3 is 0 Å². The van der Waals surface area contributed by atoms with Crippen molar-refractivity contribution in [2.45, 2.75) is 38.5 Å². The van der Waals surface area contributed by atoms with E-state index in [0.717, 1.165) is 36.5 Å². The molecule has 1 saturated carbocycles. The smallest absolute Gasteiger partial charge is 0.166 e. The third-order valence-corrected chi connectivity index (χ3v) is 5.19. The molecule has 0 N–H and O–H groups in total. The maximum Gasteiger partial charge on any atom is 0.166 e. The Labute approximate surface area is 151 Å². The Hall–Kier alpha value is -2.54. The number of halogens is 3. The summed E-state index contributed by atoms with van der Waals surface area (Å²) >= 11 is 0. The molecule has 4 heteroatoms. The second kappa shape index (κ2) is 7.78. The SMILES string of the molecule is CC1CCC(c2ccc(C(F)=C(F)c3ccc(C#N)c(F)c3)cc2)CC1. The molecule has 2 aromatic rings. The Morgan fingerprint density at radius 3 is 2.08 bits per heavy atom. The van der Waals surface area contributed by atoms with Crippen LogP contribution in [0.1, 0.15) is 60.8 Å². The molecule has 0 saturated heterocycles. The second-order valence-electron chi connectivity index (χ2n) is 7.01. The molecule has 0 aromatic heterocycles. The lowest BCUT2D eigenvalue weighted by Gasteiger charge is -2.26. The van der Waals surface area contributed by atoms with E-state index in [-0.39, 0.29) is 16.7 Å². The lowest BCUT2D eigenvalue weighted by molar-refractivity contribution is 0.348. The maximum absolute atomic E-state index is 14.5. The Morgan fingerprint density at radius 1 is 0.923 bits per heavy atom. The summed E-state index contributed by atoms with van der Waals surface area (Å²) in [5.74, 6) is -1.79. The average molecular weight is 355 g/mol. The minimum Gasteiger partial charge on any atom is -0.206 e. The fraction of sp³-hybridized carbons (Fsp3) is 0.318. The molecular weight excluding hydrogens is 335 g/mol. The van der Waals surface area contributed by atoms with Crippen LogP contribution in [-0.2, 0) is 0 Å². The number of nitrogens with zero attached hydrogens (tertiary/aromatic N) is 1. The molecule has 0 atom stereocenters. The van der Waals surface area contributed by atoms with E-state index in [1.54, 1.807) is 18.2 Å². The summed E-state index contributed by atoms with van der Waals surface area (Å²) in [5, 5.41) is 8.71. The van der Waals surface area contributed by atoms with Crippen LogP contribution in [0.4, 0.5) is 13.2 Å². The van der Waals surface area contributed by atoms with Crippen molar-refractivity contribution in [1.29, 1.82) is 5.26 Å². The van der Waals surface area contributed by atoms with E-state index >= 15 is 0 Å². The van der Waals surface area contributed by atoms with Crippen LogP contribution >= 0.6 is 0 Å². The molecular formula is C22H20F3N. The first-order chi connectivity index (χ1) is 12.5. The van der Waals surface area contributed by atoms with Gasteiger partial charge in [0.15, 0.2) is 11.7 Å². The van der Waals surface area contributed by atoms with Crippen molar-refractivity contribution in [3.05, 3.63) is 70.5 Å². The van der Waals surface area contributed by atoms with Gasteiger partial charge in [-0.2, -0.15) is 5.26 Å². The summed E-state index contributed by atoms with van der Waals surface area (Å²) in [6.45, 7) is 2.26. The molecule has 0 unspecified atom stereocenters. The Bertz CT molecular complexity index is 854. The van der Waals surface area contributed by atoms with Crippen molar-refractivity contribution >= 4 is 11.7 Å². The molecule has 3 rings (SSSR count). The first-order valence-electron chi connectivity index (χ1n) is 8.85. The Morgan fingerprint density at radius 2 is 1.50 bits per heavy atom. The minimum absolute atomic E-state index is 0.125. The minimum atomic E-state index is -1.13. The van der Waals surface area contributed by atoms with Gasteiger partial charge in [-0.25, -0.2) is 13.2 Å². The highest BCUT2D eigenvalue weighted by Gasteiger charge is 2.20. The van der Waals surface area contributed by atoms with Gasteiger partial charge >= 0.3 is 0 Å². The zero-order valence-electron chi connectivity index (χ0n) is 14.6. The molecule has 2 aromatic carbocycles. The van der Waals surface area contributed by atoms with E-state index in [1.165, 1.54) is 18.9 Å². The van der Waals surface area contributed by atoms with E-state index in [1.807, 2.05) is 12.1 Å². The van der Waals surface area contributed by atoms with Gasteiger partial charge in [-0.3, -0.25) is 0 Å².